The van der Waals surface area contributed by atoms with Gasteiger partial charge in [-0.3, -0.25) is 4.79 Å². The molecule has 0 aromatic carbocycles. The van der Waals surface area contributed by atoms with E-state index in [1.54, 1.807) is 0 Å². The number of unbranched alkanes of at least 4 members (excludes halogenated alkanes) is 4. The van der Waals surface area contributed by atoms with Gasteiger partial charge in [-0.05, 0) is 25.2 Å². The Morgan fingerprint density at radius 1 is 0.950 bits per heavy atom. The fraction of sp³-hybridized carbons (Fsp3) is 0.944. The van der Waals surface area contributed by atoms with E-state index in [0.29, 0.717) is 5.91 Å². The highest BCUT2D eigenvalue weighted by atomic mass is 16.2. The third-order valence-electron chi connectivity index (χ3n) is 4.66. The largest absolute Gasteiger partial charge is 0.343 e. The Bertz CT molecular complexity index is 236. The third-order valence-corrected chi connectivity index (χ3v) is 4.66. The van der Waals surface area contributed by atoms with Crippen LogP contribution >= 0.6 is 0 Å². The Balaban J connectivity index is 2.27. The van der Waals surface area contributed by atoms with Gasteiger partial charge in [0.25, 0.3) is 0 Å². The van der Waals surface area contributed by atoms with Crippen LogP contribution < -0.4 is 0 Å². The lowest BCUT2D eigenvalue weighted by molar-refractivity contribution is -0.131. The maximum atomic E-state index is 12.4. The van der Waals surface area contributed by atoms with E-state index in [0.717, 1.165) is 31.8 Å². The van der Waals surface area contributed by atoms with Crippen molar-refractivity contribution in [2.24, 2.45) is 5.92 Å². The van der Waals surface area contributed by atoms with Crippen LogP contribution in [-0.2, 0) is 4.79 Å². The molecule has 118 valence electrons. The van der Waals surface area contributed by atoms with Crippen molar-refractivity contribution in [2.75, 3.05) is 13.1 Å². The fourth-order valence-corrected chi connectivity index (χ4v) is 3.25. The van der Waals surface area contributed by atoms with Crippen molar-refractivity contribution >= 4 is 5.91 Å². The van der Waals surface area contributed by atoms with Gasteiger partial charge < -0.3 is 4.90 Å². The summed E-state index contributed by atoms with van der Waals surface area (Å²) in [6.45, 7) is 6.43. The molecule has 0 N–H and O–H groups in total. The van der Waals surface area contributed by atoms with E-state index < -0.39 is 0 Å². The van der Waals surface area contributed by atoms with Crippen LogP contribution in [0.5, 0.6) is 0 Å². The zero-order valence-electron chi connectivity index (χ0n) is 13.8. The summed E-state index contributed by atoms with van der Waals surface area (Å²) in [5.41, 5.74) is 0. The summed E-state index contributed by atoms with van der Waals surface area (Å²) in [5, 5.41) is 0. The van der Waals surface area contributed by atoms with Crippen molar-refractivity contribution in [1.82, 2.24) is 4.90 Å². The molecule has 2 nitrogen and oxygen atoms in total. The summed E-state index contributed by atoms with van der Waals surface area (Å²) < 4.78 is 0. The van der Waals surface area contributed by atoms with Crippen molar-refractivity contribution in [2.45, 2.75) is 90.9 Å². The summed E-state index contributed by atoms with van der Waals surface area (Å²) >= 11 is 0. The molecule has 0 aliphatic heterocycles. The summed E-state index contributed by atoms with van der Waals surface area (Å²) in [7, 11) is 0. The molecule has 2 heteroatoms. The second kappa shape index (κ2) is 11.2. The van der Waals surface area contributed by atoms with Crippen molar-refractivity contribution in [1.29, 1.82) is 0 Å². The molecule has 1 saturated carbocycles. The monoisotopic (exact) mass is 281 g/mol. The van der Waals surface area contributed by atoms with Crippen LogP contribution in [0.3, 0.4) is 0 Å². The first-order valence-corrected chi connectivity index (χ1v) is 9.05. The number of nitrogens with zero attached hydrogens (tertiary/aromatic N) is 1. The minimum atomic E-state index is 0.420. The van der Waals surface area contributed by atoms with Gasteiger partial charge in [-0.25, -0.2) is 0 Å². The lowest BCUT2D eigenvalue weighted by atomic mass is 10.0. The van der Waals surface area contributed by atoms with Gasteiger partial charge in [-0.1, -0.05) is 65.2 Å². The molecule has 0 unspecified atom stereocenters. The van der Waals surface area contributed by atoms with E-state index in [1.807, 2.05) is 0 Å². The number of rotatable bonds is 11. The average Bonchev–Trinajstić information content (AvgIpc) is 2.97. The van der Waals surface area contributed by atoms with Crippen LogP contribution in [0.25, 0.3) is 0 Å². The molecule has 0 radical (unpaired) electrons. The molecule has 1 aliphatic carbocycles. The number of hydrogen-bond acceptors (Lipinski definition) is 1. The Morgan fingerprint density at radius 2 is 1.50 bits per heavy atom. The second-order valence-electron chi connectivity index (χ2n) is 6.48. The van der Waals surface area contributed by atoms with Crippen molar-refractivity contribution in [3.63, 3.8) is 0 Å². The van der Waals surface area contributed by atoms with Crippen LogP contribution in [0.4, 0.5) is 0 Å². The Labute approximate surface area is 126 Å². The van der Waals surface area contributed by atoms with Gasteiger partial charge in [0.2, 0.25) is 5.91 Å². The maximum Gasteiger partial charge on any atom is 0.222 e. The highest BCUT2D eigenvalue weighted by Gasteiger charge is 2.18. The van der Waals surface area contributed by atoms with Gasteiger partial charge in [0.15, 0.2) is 0 Å². The summed E-state index contributed by atoms with van der Waals surface area (Å²) in [4.78, 5) is 14.6. The first-order chi connectivity index (χ1) is 9.77. The van der Waals surface area contributed by atoms with Crippen molar-refractivity contribution < 1.29 is 4.79 Å². The Hall–Kier alpha value is -0.530. The van der Waals surface area contributed by atoms with Gasteiger partial charge >= 0.3 is 0 Å². The minimum Gasteiger partial charge on any atom is -0.343 e. The first kappa shape index (κ1) is 17.5. The maximum absolute atomic E-state index is 12.4. The summed E-state index contributed by atoms with van der Waals surface area (Å²) in [6, 6.07) is 0. The van der Waals surface area contributed by atoms with Gasteiger partial charge in [-0.2, -0.15) is 0 Å². The summed E-state index contributed by atoms with van der Waals surface area (Å²) in [5.74, 6) is 1.26. The predicted molar refractivity (Wildman–Crippen MR) is 86.8 cm³/mol. The molecule has 0 saturated heterocycles. The molecular formula is C18H35NO. The predicted octanol–water partition coefficient (Wildman–Crippen LogP) is 5.17. The fourth-order valence-electron chi connectivity index (χ4n) is 3.25. The molecule has 20 heavy (non-hydrogen) atoms. The van der Waals surface area contributed by atoms with Crippen LogP contribution in [-0.4, -0.2) is 23.9 Å². The highest BCUT2D eigenvalue weighted by Crippen LogP contribution is 2.28. The number of hydrogen-bond donors (Lipinski definition) is 0. The van der Waals surface area contributed by atoms with E-state index >= 15 is 0 Å². The van der Waals surface area contributed by atoms with Crippen LogP contribution in [0.1, 0.15) is 90.9 Å². The van der Waals surface area contributed by atoms with Gasteiger partial charge in [0, 0.05) is 19.5 Å². The van der Waals surface area contributed by atoms with Crippen LogP contribution in [0, 0.1) is 5.92 Å². The van der Waals surface area contributed by atoms with Crippen molar-refractivity contribution in [3.8, 4) is 0 Å². The zero-order chi connectivity index (χ0) is 14.6. The quantitative estimate of drug-likeness (QED) is 0.479. The van der Waals surface area contributed by atoms with Gasteiger partial charge in [-0.15, -0.1) is 0 Å². The lowest BCUT2D eigenvalue weighted by Gasteiger charge is -2.23. The SMILES string of the molecule is CCCCCN(CCCCC)C(=O)CCC1CCCC1. The normalized spacial score (nSPS) is 15.7. The van der Waals surface area contributed by atoms with Gasteiger partial charge in [0.1, 0.15) is 0 Å². The zero-order valence-corrected chi connectivity index (χ0v) is 13.8. The van der Waals surface area contributed by atoms with Crippen molar-refractivity contribution in [3.05, 3.63) is 0 Å². The van der Waals surface area contributed by atoms with E-state index in [1.165, 1.54) is 64.2 Å². The molecule has 0 atom stereocenters. The van der Waals surface area contributed by atoms with Gasteiger partial charge in [0.05, 0.1) is 0 Å². The molecule has 1 rings (SSSR count). The molecule has 0 aromatic heterocycles. The third kappa shape index (κ3) is 7.31. The lowest BCUT2D eigenvalue weighted by Crippen LogP contribution is -2.33. The molecule has 1 fully saturated rings. The number of carbonyl (C=O) groups is 1. The standard InChI is InChI=1S/C18H35NO/c1-3-5-9-15-19(16-10-6-4-2)18(20)14-13-17-11-7-8-12-17/h17H,3-16H2,1-2H3. The van der Waals surface area contributed by atoms with E-state index in [2.05, 4.69) is 18.7 Å². The van der Waals surface area contributed by atoms with E-state index in [-0.39, 0.29) is 0 Å². The topological polar surface area (TPSA) is 20.3 Å². The Kier molecular flexibility index (Phi) is 9.78. The number of amides is 1. The van der Waals surface area contributed by atoms with E-state index in [4.69, 9.17) is 0 Å². The molecule has 1 aliphatic rings. The smallest absolute Gasteiger partial charge is 0.222 e. The molecule has 0 spiro atoms. The summed E-state index contributed by atoms with van der Waals surface area (Å²) in [6.07, 6.45) is 14.7. The molecule has 0 aromatic rings. The molecule has 0 bridgehead atoms. The number of carbonyl (C=O) groups excluding carboxylic acids is 1. The first-order valence-electron chi connectivity index (χ1n) is 9.05. The van der Waals surface area contributed by atoms with E-state index in [9.17, 15) is 4.79 Å². The van der Waals surface area contributed by atoms with Crippen LogP contribution in [0.2, 0.25) is 0 Å². The minimum absolute atomic E-state index is 0.420. The Morgan fingerprint density at radius 3 is 2.00 bits per heavy atom. The average molecular weight is 281 g/mol. The molecule has 1 amide bonds. The second-order valence-corrected chi connectivity index (χ2v) is 6.48. The molecular weight excluding hydrogens is 246 g/mol. The molecule has 0 heterocycles. The van der Waals surface area contributed by atoms with Crippen LogP contribution in [0.15, 0.2) is 0 Å². The highest BCUT2D eigenvalue weighted by molar-refractivity contribution is 5.76.